The maximum Gasteiger partial charge on any atom is 0.0356 e. The summed E-state index contributed by atoms with van der Waals surface area (Å²) in [5.41, 5.74) is 42.5. The minimum Gasteiger partial charge on any atom is -0.0946 e. The molecule has 310 valence electrons. The third kappa shape index (κ3) is 5.32. The lowest BCUT2D eigenvalue weighted by Gasteiger charge is -2.35. The molecule has 7 aliphatic rings. The number of rotatable bonds is 5. The molecule has 0 bridgehead atoms. The summed E-state index contributed by atoms with van der Waals surface area (Å²) in [7, 11) is 0. The molecule has 0 N–H and O–H groups in total. The lowest BCUT2D eigenvalue weighted by Crippen LogP contribution is -2.25. The standard InChI is InChI=1S/C59H74/c1-25(2)46-50(42(19)54-55(46)57-53(40(17)41(18)58(57)59(20,21)22)56(54)47-34(11)29(6)28(5)30(7)35(47)12)45-24-44(32(9)33(45)10)49-37(14)39(16)51-48(36(13)38(15)52(49)51)43-23-26(3)27(4)31(43)8/h25,36-37,46,56,58H,15-16,23-24H2,1-14,17-22H3. The van der Waals surface area contributed by atoms with Gasteiger partial charge in [0.15, 0.2) is 0 Å². The fourth-order valence-electron chi connectivity index (χ4n) is 13.6. The normalized spacial score (nSPS) is 27.6. The van der Waals surface area contributed by atoms with Crippen molar-refractivity contribution >= 4 is 0 Å². The maximum absolute atomic E-state index is 4.88. The van der Waals surface area contributed by atoms with Crippen LogP contribution in [0.5, 0.6) is 0 Å². The van der Waals surface area contributed by atoms with E-state index in [9.17, 15) is 0 Å². The Morgan fingerprint density at radius 2 is 0.898 bits per heavy atom. The number of benzene rings is 1. The summed E-state index contributed by atoms with van der Waals surface area (Å²) in [6.45, 7) is 58.2. The van der Waals surface area contributed by atoms with Crippen molar-refractivity contribution in [2.75, 3.05) is 0 Å². The van der Waals surface area contributed by atoms with Gasteiger partial charge in [-0.05, 0) is 259 Å². The Hall–Kier alpha value is -3.90. The van der Waals surface area contributed by atoms with E-state index in [-0.39, 0.29) is 17.3 Å². The first-order valence-corrected chi connectivity index (χ1v) is 23.0. The quantitative estimate of drug-likeness (QED) is 0.279. The highest BCUT2D eigenvalue weighted by molar-refractivity contribution is 5.83. The highest BCUT2D eigenvalue weighted by Crippen LogP contribution is 2.68. The SMILES string of the molecule is C=C1C2=C(C3=C(C)C(C)=C(C4=C(C)C5=C(C6=C(C(C)=C(C)C6C(C)(C)C)C5c5c(C)c(C)c(C)c(C)c5C)C4C(C)C)C3)C(C)C(=C)C2=C(C2=C(C)C(C)=C(C)C2)C1C. The van der Waals surface area contributed by atoms with E-state index >= 15 is 0 Å². The molecule has 0 fully saturated rings. The fraction of sp³-hybridized carbons (Fsp3) is 0.492. The van der Waals surface area contributed by atoms with Gasteiger partial charge in [-0.25, -0.2) is 0 Å². The van der Waals surface area contributed by atoms with E-state index in [1.165, 1.54) is 100 Å². The van der Waals surface area contributed by atoms with Crippen molar-refractivity contribution in [1.29, 1.82) is 0 Å². The summed E-state index contributed by atoms with van der Waals surface area (Å²) in [5.74, 6) is 2.09. The van der Waals surface area contributed by atoms with Crippen molar-refractivity contribution in [2.24, 2.45) is 35.0 Å². The van der Waals surface area contributed by atoms with Crippen LogP contribution in [0.4, 0.5) is 0 Å². The van der Waals surface area contributed by atoms with E-state index < -0.39 is 0 Å². The molecule has 0 saturated carbocycles. The lowest BCUT2D eigenvalue weighted by molar-refractivity contribution is 0.318. The third-order valence-electron chi connectivity index (χ3n) is 17.7. The van der Waals surface area contributed by atoms with Gasteiger partial charge >= 0.3 is 0 Å². The van der Waals surface area contributed by atoms with E-state index in [4.69, 9.17) is 13.2 Å². The number of hydrogen-bond acceptors (Lipinski definition) is 0. The topological polar surface area (TPSA) is 0 Å². The Morgan fingerprint density at radius 3 is 1.34 bits per heavy atom. The molecule has 0 radical (unpaired) electrons. The van der Waals surface area contributed by atoms with Crippen LogP contribution >= 0.6 is 0 Å². The maximum atomic E-state index is 4.88. The van der Waals surface area contributed by atoms with E-state index in [2.05, 4.69) is 138 Å². The van der Waals surface area contributed by atoms with Gasteiger partial charge < -0.3 is 0 Å². The molecule has 0 heterocycles. The molecular formula is C59H74. The summed E-state index contributed by atoms with van der Waals surface area (Å²) in [6, 6.07) is 0. The van der Waals surface area contributed by atoms with Crippen LogP contribution in [0.25, 0.3) is 0 Å². The fourth-order valence-corrected chi connectivity index (χ4v) is 13.6. The van der Waals surface area contributed by atoms with Crippen molar-refractivity contribution in [3.8, 4) is 0 Å². The predicted octanol–water partition coefficient (Wildman–Crippen LogP) is 16.6. The van der Waals surface area contributed by atoms with E-state index in [0.717, 1.165) is 12.8 Å². The summed E-state index contributed by atoms with van der Waals surface area (Å²) < 4.78 is 0. The Morgan fingerprint density at radius 1 is 0.475 bits per heavy atom. The third-order valence-corrected chi connectivity index (χ3v) is 17.7. The Kier molecular flexibility index (Phi) is 9.60. The zero-order valence-electron chi connectivity index (χ0n) is 40.8. The Bertz CT molecular complexity index is 2580. The zero-order valence-corrected chi connectivity index (χ0v) is 40.8. The van der Waals surface area contributed by atoms with Gasteiger partial charge in [0.1, 0.15) is 0 Å². The summed E-state index contributed by atoms with van der Waals surface area (Å²) >= 11 is 0. The smallest absolute Gasteiger partial charge is 0.0356 e. The molecule has 0 amide bonds. The van der Waals surface area contributed by atoms with Crippen LogP contribution in [0.1, 0.15) is 156 Å². The van der Waals surface area contributed by atoms with Crippen LogP contribution in [0, 0.1) is 69.6 Å². The molecule has 5 atom stereocenters. The monoisotopic (exact) mass is 783 g/mol. The van der Waals surface area contributed by atoms with Crippen molar-refractivity contribution in [1.82, 2.24) is 0 Å². The second-order valence-corrected chi connectivity index (χ2v) is 21.6. The van der Waals surface area contributed by atoms with Crippen LogP contribution in [-0.4, -0.2) is 0 Å². The summed E-state index contributed by atoms with van der Waals surface area (Å²) in [5, 5.41) is 0. The first-order valence-electron chi connectivity index (χ1n) is 23.0. The molecule has 8 rings (SSSR count). The van der Waals surface area contributed by atoms with Crippen LogP contribution in [0.3, 0.4) is 0 Å². The molecule has 0 aromatic heterocycles. The molecule has 5 unspecified atom stereocenters. The first-order chi connectivity index (χ1) is 27.4. The molecular weight excluding hydrogens is 709 g/mol. The van der Waals surface area contributed by atoms with Crippen LogP contribution < -0.4 is 0 Å². The second kappa shape index (κ2) is 13.6. The van der Waals surface area contributed by atoms with Gasteiger partial charge in [-0.3, -0.25) is 0 Å². The average molecular weight is 783 g/mol. The molecule has 0 saturated heterocycles. The predicted molar refractivity (Wildman–Crippen MR) is 256 cm³/mol. The summed E-state index contributed by atoms with van der Waals surface area (Å²) in [6.07, 6.45) is 2.05. The minimum atomic E-state index is 0.116. The van der Waals surface area contributed by atoms with Crippen molar-refractivity contribution in [3.63, 3.8) is 0 Å². The summed E-state index contributed by atoms with van der Waals surface area (Å²) in [4.78, 5) is 0. The lowest BCUT2D eigenvalue weighted by atomic mass is 9.69. The first kappa shape index (κ1) is 41.8. The highest BCUT2D eigenvalue weighted by atomic mass is 14.6. The molecule has 1 aromatic rings. The molecule has 0 spiro atoms. The molecule has 0 heteroatoms. The Balaban J connectivity index is 1.31. The van der Waals surface area contributed by atoms with Crippen LogP contribution in [0.15, 0.2) is 136 Å². The number of hydrogen-bond donors (Lipinski definition) is 0. The molecule has 0 nitrogen and oxygen atoms in total. The molecule has 59 heavy (non-hydrogen) atoms. The van der Waals surface area contributed by atoms with E-state index in [0.29, 0.717) is 23.7 Å². The minimum absolute atomic E-state index is 0.116. The van der Waals surface area contributed by atoms with E-state index in [1.54, 1.807) is 55.7 Å². The Labute approximate surface area is 359 Å². The zero-order chi connectivity index (χ0) is 43.5. The van der Waals surface area contributed by atoms with Gasteiger partial charge in [0, 0.05) is 29.6 Å². The largest absolute Gasteiger partial charge is 0.0946 e. The molecule has 0 aliphatic heterocycles. The number of allylic oxidation sites excluding steroid dienone is 22. The van der Waals surface area contributed by atoms with Crippen molar-refractivity contribution in [2.45, 2.75) is 157 Å². The van der Waals surface area contributed by atoms with E-state index in [1.807, 2.05) is 0 Å². The van der Waals surface area contributed by atoms with Crippen molar-refractivity contribution in [3.05, 3.63) is 169 Å². The van der Waals surface area contributed by atoms with Gasteiger partial charge in [-0.15, -0.1) is 0 Å². The van der Waals surface area contributed by atoms with Gasteiger partial charge in [0.25, 0.3) is 0 Å². The second-order valence-electron chi connectivity index (χ2n) is 21.6. The van der Waals surface area contributed by atoms with Crippen LogP contribution in [0.2, 0.25) is 0 Å². The van der Waals surface area contributed by atoms with Crippen molar-refractivity contribution < 1.29 is 0 Å². The van der Waals surface area contributed by atoms with Gasteiger partial charge in [-0.2, -0.15) is 0 Å². The molecule has 7 aliphatic carbocycles. The van der Waals surface area contributed by atoms with Gasteiger partial charge in [0.2, 0.25) is 0 Å². The number of fused-ring (bicyclic) bond motifs is 2. The van der Waals surface area contributed by atoms with Gasteiger partial charge in [0.05, 0.1) is 0 Å². The molecule has 1 aromatic carbocycles. The average Bonchev–Trinajstić information content (AvgIpc) is 3.98. The highest BCUT2D eigenvalue weighted by Gasteiger charge is 2.54. The van der Waals surface area contributed by atoms with Gasteiger partial charge in [-0.1, -0.05) is 72.8 Å². The van der Waals surface area contributed by atoms with Crippen LogP contribution in [-0.2, 0) is 0 Å².